The van der Waals surface area contributed by atoms with Gasteiger partial charge in [-0.2, -0.15) is 0 Å². The maximum absolute atomic E-state index is 11.8. The fourth-order valence-corrected chi connectivity index (χ4v) is 5.19. The van der Waals surface area contributed by atoms with Crippen molar-refractivity contribution in [2.45, 2.75) is 87.2 Å². The Balaban J connectivity index is 1.72. The van der Waals surface area contributed by atoms with Crippen molar-refractivity contribution in [3.8, 4) is 11.1 Å². The van der Waals surface area contributed by atoms with Gasteiger partial charge in [-0.15, -0.1) is 23.5 Å². The van der Waals surface area contributed by atoms with Gasteiger partial charge in [0.1, 0.15) is 5.25 Å². The van der Waals surface area contributed by atoms with E-state index in [0.29, 0.717) is 6.61 Å². The molecule has 0 N–H and O–H groups in total. The maximum atomic E-state index is 11.8. The quantitative estimate of drug-likeness (QED) is 0.151. The fraction of sp³-hybridized carbons (Fsp3) is 0.519. The molecule has 2 aromatic carbocycles. The van der Waals surface area contributed by atoms with Gasteiger partial charge in [0, 0.05) is 9.79 Å². The van der Waals surface area contributed by atoms with Crippen molar-refractivity contribution in [1.29, 1.82) is 0 Å². The number of carbonyl (C=O) groups excluding carboxylic acids is 1. The molecule has 4 heteroatoms. The van der Waals surface area contributed by atoms with Gasteiger partial charge in [0.25, 0.3) is 0 Å². The van der Waals surface area contributed by atoms with Gasteiger partial charge in [-0.05, 0) is 61.4 Å². The van der Waals surface area contributed by atoms with Crippen LogP contribution in [-0.2, 0) is 9.53 Å². The third-order valence-electron chi connectivity index (χ3n) is 5.24. The summed E-state index contributed by atoms with van der Waals surface area (Å²) in [6.07, 6.45) is 11.0. The first-order valence-electron chi connectivity index (χ1n) is 11.8. The zero-order valence-electron chi connectivity index (χ0n) is 19.4. The molecular formula is C27H38O2S2. The fourth-order valence-electron chi connectivity index (χ4n) is 3.41. The highest BCUT2D eigenvalue weighted by molar-refractivity contribution is 8.00. The predicted molar refractivity (Wildman–Crippen MR) is 137 cm³/mol. The normalized spacial score (nSPS) is 12.0. The SMILES string of the molecule is CCCCCCCCCCSc1ccc(-c2ccc(S[C@H](C)C(=O)OCC)cc2)cc1. The third kappa shape index (κ3) is 10.2. The lowest BCUT2D eigenvalue weighted by Gasteiger charge is -2.11. The van der Waals surface area contributed by atoms with Crippen molar-refractivity contribution in [2.75, 3.05) is 12.4 Å². The molecule has 0 aliphatic heterocycles. The number of benzene rings is 2. The Bertz CT molecular complexity index is 741. The van der Waals surface area contributed by atoms with Crippen LogP contribution in [0.4, 0.5) is 0 Å². The summed E-state index contributed by atoms with van der Waals surface area (Å²) in [7, 11) is 0. The second-order valence-electron chi connectivity index (χ2n) is 7.88. The minimum Gasteiger partial charge on any atom is -0.465 e. The average molecular weight is 459 g/mol. The number of carbonyl (C=O) groups is 1. The number of thioether (sulfide) groups is 2. The van der Waals surface area contributed by atoms with Crippen LogP contribution >= 0.6 is 23.5 Å². The number of rotatable bonds is 15. The molecule has 31 heavy (non-hydrogen) atoms. The van der Waals surface area contributed by atoms with Gasteiger partial charge in [0.05, 0.1) is 6.61 Å². The molecule has 2 nitrogen and oxygen atoms in total. The van der Waals surface area contributed by atoms with Crippen molar-refractivity contribution >= 4 is 29.5 Å². The van der Waals surface area contributed by atoms with Crippen LogP contribution in [0.15, 0.2) is 58.3 Å². The molecule has 2 aromatic rings. The van der Waals surface area contributed by atoms with Crippen molar-refractivity contribution < 1.29 is 9.53 Å². The molecule has 0 saturated carbocycles. The summed E-state index contributed by atoms with van der Waals surface area (Å²) in [5.41, 5.74) is 2.43. The number of ether oxygens (including phenoxy) is 1. The van der Waals surface area contributed by atoms with Gasteiger partial charge in [-0.1, -0.05) is 76.1 Å². The van der Waals surface area contributed by atoms with Crippen molar-refractivity contribution in [1.82, 2.24) is 0 Å². The van der Waals surface area contributed by atoms with E-state index in [-0.39, 0.29) is 11.2 Å². The Morgan fingerprint density at radius 3 is 1.84 bits per heavy atom. The number of esters is 1. The van der Waals surface area contributed by atoms with E-state index in [2.05, 4.69) is 55.5 Å². The van der Waals surface area contributed by atoms with Gasteiger partial charge in [-0.25, -0.2) is 0 Å². The second-order valence-corrected chi connectivity index (χ2v) is 10.5. The van der Waals surface area contributed by atoms with E-state index in [0.717, 1.165) is 4.90 Å². The summed E-state index contributed by atoms with van der Waals surface area (Å²) in [5.74, 6) is 1.05. The zero-order valence-corrected chi connectivity index (χ0v) is 21.0. The van der Waals surface area contributed by atoms with E-state index >= 15 is 0 Å². The molecular weight excluding hydrogens is 420 g/mol. The molecule has 0 heterocycles. The summed E-state index contributed by atoms with van der Waals surface area (Å²) in [6, 6.07) is 17.3. The lowest BCUT2D eigenvalue weighted by Crippen LogP contribution is -2.16. The molecule has 0 spiro atoms. The van der Waals surface area contributed by atoms with Gasteiger partial charge < -0.3 is 4.74 Å². The lowest BCUT2D eigenvalue weighted by atomic mass is 10.1. The van der Waals surface area contributed by atoms with Crippen LogP contribution < -0.4 is 0 Å². The monoisotopic (exact) mass is 458 g/mol. The van der Waals surface area contributed by atoms with Crippen LogP contribution in [0.25, 0.3) is 11.1 Å². The number of hydrogen-bond acceptors (Lipinski definition) is 4. The Labute approximate surface area is 197 Å². The van der Waals surface area contributed by atoms with Gasteiger partial charge in [0.2, 0.25) is 0 Å². The largest absolute Gasteiger partial charge is 0.465 e. The van der Waals surface area contributed by atoms with Crippen LogP contribution in [-0.4, -0.2) is 23.6 Å². The van der Waals surface area contributed by atoms with Crippen molar-refractivity contribution in [3.63, 3.8) is 0 Å². The topological polar surface area (TPSA) is 26.3 Å². The van der Waals surface area contributed by atoms with E-state index in [1.807, 2.05) is 25.6 Å². The first-order valence-corrected chi connectivity index (χ1v) is 13.7. The Hall–Kier alpha value is -1.39. The summed E-state index contributed by atoms with van der Waals surface area (Å²) >= 11 is 3.50. The predicted octanol–water partition coefficient (Wildman–Crippen LogP) is 8.63. The summed E-state index contributed by atoms with van der Waals surface area (Å²) in [4.78, 5) is 14.2. The highest BCUT2D eigenvalue weighted by atomic mass is 32.2. The molecule has 0 fully saturated rings. The Morgan fingerprint density at radius 1 is 0.774 bits per heavy atom. The van der Waals surface area contributed by atoms with E-state index in [1.165, 1.54) is 84.9 Å². The molecule has 2 rings (SSSR count). The first-order chi connectivity index (χ1) is 15.1. The lowest BCUT2D eigenvalue weighted by molar-refractivity contribution is -0.142. The minimum atomic E-state index is -0.192. The standard InChI is InChI=1S/C27H38O2S2/c1-4-6-7-8-9-10-11-12-21-30-25-17-13-23(14-18-25)24-15-19-26(20-16-24)31-22(3)27(28)29-5-2/h13-20,22H,4-12,21H2,1-3H3/t22-/m1/s1. The molecule has 0 unspecified atom stereocenters. The molecule has 0 bridgehead atoms. The van der Waals surface area contributed by atoms with Crippen molar-refractivity contribution in [3.05, 3.63) is 48.5 Å². The average Bonchev–Trinajstić information content (AvgIpc) is 2.79. The minimum absolute atomic E-state index is 0.156. The van der Waals surface area contributed by atoms with Crippen LogP contribution in [0.3, 0.4) is 0 Å². The van der Waals surface area contributed by atoms with Crippen molar-refractivity contribution in [2.24, 2.45) is 0 Å². The molecule has 0 amide bonds. The molecule has 1 atom stereocenters. The molecule has 0 aliphatic carbocycles. The molecule has 0 radical (unpaired) electrons. The smallest absolute Gasteiger partial charge is 0.319 e. The zero-order chi connectivity index (χ0) is 22.3. The van der Waals surface area contributed by atoms with E-state index in [9.17, 15) is 4.79 Å². The van der Waals surface area contributed by atoms with Crippen LogP contribution in [0, 0.1) is 0 Å². The van der Waals surface area contributed by atoms with E-state index in [4.69, 9.17) is 4.74 Å². The highest BCUT2D eigenvalue weighted by Gasteiger charge is 2.15. The van der Waals surface area contributed by atoms with E-state index < -0.39 is 0 Å². The van der Waals surface area contributed by atoms with Gasteiger partial charge in [-0.3, -0.25) is 4.79 Å². The first kappa shape index (κ1) is 25.9. The summed E-state index contributed by atoms with van der Waals surface area (Å²) in [6.45, 7) is 6.43. The summed E-state index contributed by atoms with van der Waals surface area (Å²) < 4.78 is 5.08. The Kier molecular flexibility index (Phi) is 12.9. The molecule has 0 aliphatic rings. The number of hydrogen-bond donors (Lipinski definition) is 0. The maximum Gasteiger partial charge on any atom is 0.319 e. The highest BCUT2D eigenvalue weighted by Crippen LogP contribution is 2.29. The third-order valence-corrected chi connectivity index (χ3v) is 7.43. The summed E-state index contributed by atoms with van der Waals surface area (Å²) in [5, 5.41) is -0.192. The Morgan fingerprint density at radius 2 is 1.29 bits per heavy atom. The van der Waals surface area contributed by atoms with Crippen LogP contribution in [0.5, 0.6) is 0 Å². The molecule has 170 valence electrons. The van der Waals surface area contributed by atoms with Gasteiger partial charge >= 0.3 is 5.97 Å². The number of unbranched alkanes of at least 4 members (excludes halogenated alkanes) is 7. The van der Waals surface area contributed by atoms with E-state index in [1.54, 1.807) is 0 Å². The van der Waals surface area contributed by atoms with Gasteiger partial charge in [0.15, 0.2) is 0 Å². The van der Waals surface area contributed by atoms with Crippen LogP contribution in [0.2, 0.25) is 0 Å². The second kappa shape index (κ2) is 15.4. The molecule has 0 saturated heterocycles. The van der Waals surface area contributed by atoms with Crippen LogP contribution in [0.1, 0.15) is 72.1 Å². The molecule has 0 aromatic heterocycles.